The van der Waals surface area contributed by atoms with Gasteiger partial charge in [0.25, 0.3) is 0 Å². The SMILES string of the molecule is C[C@]12CCC(NOCCN)=CC1C(CO)C(O)[C@@H]1[C@H]2CC[C@]2(C)C(=O)CC[C@@H]12. The van der Waals surface area contributed by atoms with Crippen LogP contribution in [0.5, 0.6) is 0 Å². The van der Waals surface area contributed by atoms with Crippen LogP contribution >= 0.6 is 0 Å². The van der Waals surface area contributed by atoms with E-state index in [9.17, 15) is 15.0 Å². The Morgan fingerprint density at radius 2 is 2.04 bits per heavy atom. The van der Waals surface area contributed by atoms with E-state index < -0.39 is 6.10 Å². The smallest absolute Gasteiger partial charge is 0.139 e. The number of Topliss-reactive ketones (excluding diaryl/α,β-unsaturated/α-hetero) is 1. The molecular formula is C22H36N2O4. The van der Waals surface area contributed by atoms with Crippen molar-refractivity contribution in [2.75, 3.05) is 19.8 Å². The average Bonchev–Trinajstić information content (AvgIpc) is 2.98. The van der Waals surface area contributed by atoms with Crippen LogP contribution in [0.25, 0.3) is 0 Å². The van der Waals surface area contributed by atoms with Crippen LogP contribution in [0.4, 0.5) is 0 Å². The number of rotatable bonds is 5. The number of hydrogen-bond donors (Lipinski definition) is 4. The van der Waals surface area contributed by atoms with Gasteiger partial charge in [-0.1, -0.05) is 19.9 Å². The van der Waals surface area contributed by atoms with Crippen LogP contribution in [-0.2, 0) is 9.63 Å². The first-order valence-corrected chi connectivity index (χ1v) is 11.0. The molecule has 3 fully saturated rings. The fourth-order valence-electron chi connectivity index (χ4n) is 7.33. The maximum atomic E-state index is 12.6. The summed E-state index contributed by atoms with van der Waals surface area (Å²) in [4.78, 5) is 18.0. The van der Waals surface area contributed by atoms with E-state index in [0.29, 0.717) is 31.3 Å². The van der Waals surface area contributed by atoms with Crippen molar-refractivity contribution in [3.8, 4) is 0 Å². The zero-order valence-electron chi connectivity index (χ0n) is 17.2. The van der Waals surface area contributed by atoms with Gasteiger partial charge in [-0.3, -0.25) is 15.1 Å². The maximum absolute atomic E-state index is 12.6. The fourth-order valence-corrected chi connectivity index (χ4v) is 7.33. The number of hydrogen-bond acceptors (Lipinski definition) is 6. The van der Waals surface area contributed by atoms with Crippen LogP contribution in [0.3, 0.4) is 0 Å². The molecule has 0 aromatic rings. The molecule has 0 aromatic heterocycles. The van der Waals surface area contributed by atoms with E-state index in [0.717, 1.165) is 37.8 Å². The lowest BCUT2D eigenvalue weighted by Gasteiger charge is -2.62. The number of hydroxylamine groups is 1. The summed E-state index contributed by atoms with van der Waals surface area (Å²) in [6.45, 7) is 5.34. The lowest BCUT2D eigenvalue weighted by molar-refractivity contribution is -0.180. The first-order chi connectivity index (χ1) is 13.4. The van der Waals surface area contributed by atoms with Gasteiger partial charge in [-0.05, 0) is 61.2 Å². The Hall–Kier alpha value is -0.950. The molecule has 6 nitrogen and oxygen atoms in total. The number of aliphatic hydroxyl groups is 2. The van der Waals surface area contributed by atoms with Crippen molar-refractivity contribution < 1.29 is 19.8 Å². The van der Waals surface area contributed by atoms with Crippen LogP contribution in [0.1, 0.15) is 52.4 Å². The van der Waals surface area contributed by atoms with Gasteiger partial charge in [0.2, 0.25) is 0 Å². The van der Waals surface area contributed by atoms with Gasteiger partial charge in [0.1, 0.15) is 5.78 Å². The molecule has 8 atom stereocenters. The van der Waals surface area contributed by atoms with Gasteiger partial charge in [0.05, 0.1) is 12.7 Å². The highest BCUT2D eigenvalue weighted by Gasteiger charge is 2.64. The highest BCUT2D eigenvalue weighted by molar-refractivity contribution is 5.87. The third kappa shape index (κ3) is 2.87. The molecule has 0 aliphatic heterocycles. The first kappa shape index (κ1) is 20.3. The Morgan fingerprint density at radius 3 is 2.75 bits per heavy atom. The highest BCUT2D eigenvalue weighted by Crippen LogP contribution is 2.66. The van der Waals surface area contributed by atoms with Gasteiger partial charge in [0, 0.05) is 36.6 Å². The normalized spacial score (nSPS) is 47.8. The van der Waals surface area contributed by atoms with E-state index >= 15 is 0 Å². The van der Waals surface area contributed by atoms with Gasteiger partial charge in [0.15, 0.2) is 0 Å². The lowest BCUT2D eigenvalue weighted by atomic mass is 9.43. The van der Waals surface area contributed by atoms with Gasteiger partial charge in [-0.15, -0.1) is 0 Å². The highest BCUT2D eigenvalue weighted by atomic mass is 16.6. The molecule has 0 aromatic carbocycles. The van der Waals surface area contributed by atoms with Gasteiger partial charge in [-0.2, -0.15) is 0 Å². The number of nitrogens with two attached hydrogens (primary N) is 1. The molecule has 0 heterocycles. The molecule has 0 bridgehead atoms. The van der Waals surface area contributed by atoms with Crippen molar-refractivity contribution in [2.45, 2.75) is 58.5 Å². The summed E-state index contributed by atoms with van der Waals surface area (Å²) in [6.07, 6.45) is 6.99. The molecule has 3 unspecified atom stereocenters. The number of aliphatic hydroxyl groups excluding tert-OH is 2. The second-order valence-electron chi connectivity index (χ2n) is 10.0. The molecule has 0 radical (unpaired) electrons. The second kappa shape index (κ2) is 7.38. The Bertz CT molecular complexity index is 652. The minimum Gasteiger partial charge on any atom is -0.396 e. The van der Waals surface area contributed by atoms with E-state index in [-0.39, 0.29) is 41.1 Å². The van der Waals surface area contributed by atoms with Crippen LogP contribution in [0.2, 0.25) is 0 Å². The molecular weight excluding hydrogens is 356 g/mol. The summed E-state index contributed by atoms with van der Waals surface area (Å²) >= 11 is 0. The molecule has 5 N–H and O–H groups in total. The molecule has 4 rings (SSSR count). The molecule has 0 spiro atoms. The minimum absolute atomic E-state index is 0.0311. The zero-order chi connectivity index (χ0) is 20.1. The largest absolute Gasteiger partial charge is 0.396 e. The van der Waals surface area contributed by atoms with Crippen molar-refractivity contribution in [3.63, 3.8) is 0 Å². The maximum Gasteiger partial charge on any atom is 0.139 e. The number of ketones is 1. The Kier molecular flexibility index (Phi) is 5.36. The number of nitrogens with one attached hydrogen (secondary N) is 1. The molecule has 0 saturated heterocycles. The topological polar surface area (TPSA) is 105 Å². The molecule has 3 saturated carbocycles. The van der Waals surface area contributed by atoms with Gasteiger partial charge >= 0.3 is 0 Å². The van der Waals surface area contributed by atoms with Crippen molar-refractivity contribution in [1.29, 1.82) is 0 Å². The van der Waals surface area contributed by atoms with E-state index in [1.165, 1.54) is 0 Å². The van der Waals surface area contributed by atoms with E-state index in [2.05, 4.69) is 25.4 Å². The second-order valence-corrected chi connectivity index (χ2v) is 10.0. The first-order valence-electron chi connectivity index (χ1n) is 11.0. The molecule has 0 amide bonds. The Balaban J connectivity index is 1.65. The molecule has 158 valence electrons. The standard InChI is InChI=1S/C22H36N2O4/c1-21-7-5-13(24-28-10-9-23)11-17(21)14(12-25)20(27)19-15-3-4-18(26)22(15,2)8-6-16(19)21/h11,14-17,19-20,24-25,27H,3-10,12,23H2,1-2H3/t14?,15-,16+,17?,19-,20?,21+,22-/m0/s1. The van der Waals surface area contributed by atoms with Crippen molar-refractivity contribution in [3.05, 3.63) is 11.8 Å². The predicted molar refractivity (Wildman–Crippen MR) is 106 cm³/mol. The van der Waals surface area contributed by atoms with E-state index in [4.69, 9.17) is 10.6 Å². The Morgan fingerprint density at radius 1 is 1.25 bits per heavy atom. The summed E-state index contributed by atoms with van der Waals surface area (Å²) in [5.41, 5.74) is 9.30. The Labute approximate surface area is 167 Å². The fraction of sp³-hybridized carbons (Fsp3) is 0.864. The average molecular weight is 393 g/mol. The van der Waals surface area contributed by atoms with Crippen LogP contribution in [-0.4, -0.2) is 41.9 Å². The van der Waals surface area contributed by atoms with Gasteiger partial charge < -0.3 is 15.9 Å². The minimum atomic E-state index is -0.566. The summed E-state index contributed by atoms with van der Waals surface area (Å²) in [5.74, 6) is 1.03. The third-order valence-corrected chi connectivity index (χ3v) is 8.89. The van der Waals surface area contributed by atoms with E-state index in [1.54, 1.807) is 0 Å². The van der Waals surface area contributed by atoms with Crippen LogP contribution in [0.15, 0.2) is 11.8 Å². The lowest BCUT2D eigenvalue weighted by Crippen LogP contribution is -2.61. The summed E-state index contributed by atoms with van der Waals surface area (Å²) < 4.78 is 0. The number of fused-ring (bicyclic) bond motifs is 5. The van der Waals surface area contributed by atoms with Crippen molar-refractivity contribution in [1.82, 2.24) is 5.48 Å². The molecule has 4 aliphatic rings. The summed E-state index contributed by atoms with van der Waals surface area (Å²) in [5, 5.41) is 21.6. The predicted octanol–water partition coefficient (Wildman–Crippen LogP) is 1.76. The summed E-state index contributed by atoms with van der Waals surface area (Å²) in [6, 6.07) is 0. The quantitative estimate of drug-likeness (QED) is 0.420. The van der Waals surface area contributed by atoms with E-state index in [1.807, 2.05) is 0 Å². The zero-order valence-corrected chi connectivity index (χ0v) is 17.2. The third-order valence-electron chi connectivity index (χ3n) is 8.89. The number of carbonyl (C=O) groups is 1. The van der Waals surface area contributed by atoms with Crippen molar-refractivity contribution in [2.24, 2.45) is 46.2 Å². The summed E-state index contributed by atoms with van der Waals surface area (Å²) in [7, 11) is 0. The molecule has 6 heteroatoms. The van der Waals surface area contributed by atoms with Crippen LogP contribution < -0.4 is 11.2 Å². The molecule has 4 aliphatic carbocycles. The monoisotopic (exact) mass is 392 g/mol. The number of carbonyl (C=O) groups excluding carboxylic acids is 1. The van der Waals surface area contributed by atoms with Crippen molar-refractivity contribution >= 4 is 5.78 Å². The number of allylic oxidation sites excluding steroid dienone is 2. The van der Waals surface area contributed by atoms with Crippen LogP contribution in [0, 0.1) is 40.4 Å². The molecule has 28 heavy (non-hydrogen) atoms. The van der Waals surface area contributed by atoms with Gasteiger partial charge in [-0.25, -0.2) is 0 Å².